The van der Waals surface area contributed by atoms with E-state index < -0.39 is 5.91 Å². The molecule has 1 aliphatic heterocycles. The summed E-state index contributed by atoms with van der Waals surface area (Å²) in [6.07, 6.45) is 7.96. The molecule has 0 spiro atoms. The summed E-state index contributed by atoms with van der Waals surface area (Å²) in [5.74, 6) is 0.104. The van der Waals surface area contributed by atoms with Gasteiger partial charge in [-0.2, -0.15) is 0 Å². The van der Waals surface area contributed by atoms with Gasteiger partial charge in [0.25, 0.3) is 5.91 Å². The van der Waals surface area contributed by atoms with E-state index in [0.29, 0.717) is 17.6 Å². The van der Waals surface area contributed by atoms with Crippen LogP contribution in [-0.4, -0.2) is 51.7 Å². The summed E-state index contributed by atoms with van der Waals surface area (Å²) in [7, 11) is 0. The van der Waals surface area contributed by atoms with E-state index >= 15 is 0 Å². The summed E-state index contributed by atoms with van der Waals surface area (Å²) in [6, 6.07) is 8.34. The topological polar surface area (TPSA) is 90.4 Å². The summed E-state index contributed by atoms with van der Waals surface area (Å²) in [5.41, 5.74) is 3.36. The van der Waals surface area contributed by atoms with E-state index in [0.717, 1.165) is 37.5 Å². The maximum Gasteiger partial charge on any atom is 0.267 e. The second kappa shape index (κ2) is 16.3. The summed E-state index contributed by atoms with van der Waals surface area (Å²) in [5, 5.41) is 12.6. The second-order valence-corrected chi connectivity index (χ2v) is 6.88. The largest absolute Gasteiger partial charge is 0.365 e. The number of amides is 1. The van der Waals surface area contributed by atoms with Crippen LogP contribution in [0, 0.1) is 0 Å². The number of rotatable bonds is 7. The summed E-state index contributed by atoms with van der Waals surface area (Å²) >= 11 is 5.92. The molecule has 1 fully saturated rings. The molecule has 1 aromatic heterocycles. The maximum atomic E-state index is 11.0. The zero-order chi connectivity index (χ0) is 19.1. The Kier molecular flexibility index (Phi) is 16.8. The number of aromatic nitrogens is 2. The normalized spacial score (nSPS) is 15.1. The van der Waals surface area contributed by atoms with Crippen LogP contribution in [0.15, 0.2) is 42.7 Å². The van der Waals surface area contributed by atoms with Crippen molar-refractivity contribution in [3.63, 3.8) is 0 Å². The predicted octanol–water partition coefficient (Wildman–Crippen LogP) is 4.06. The number of benzene rings is 1. The van der Waals surface area contributed by atoms with E-state index in [9.17, 15) is 4.79 Å². The lowest BCUT2D eigenvalue weighted by atomic mass is 10.1. The molecule has 12 heteroatoms. The third-order valence-electron chi connectivity index (χ3n) is 4.44. The fourth-order valence-corrected chi connectivity index (χ4v) is 3.12. The van der Waals surface area contributed by atoms with Crippen LogP contribution in [0.2, 0.25) is 5.02 Å². The van der Waals surface area contributed by atoms with Crippen LogP contribution in [0.25, 0.3) is 6.08 Å². The van der Waals surface area contributed by atoms with Crippen LogP contribution in [0.1, 0.15) is 17.7 Å². The molecular formula is C19H26Cl5N5O2. The lowest BCUT2D eigenvalue weighted by molar-refractivity contribution is -0.124. The molecule has 31 heavy (non-hydrogen) atoms. The number of carbonyl (C=O) groups is 1. The minimum Gasteiger partial charge on any atom is -0.365 e. The Hall–Kier alpha value is -1.32. The quantitative estimate of drug-likeness (QED) is 0.283. The molecule has 2 aromatic rings. The number of nitrogens with zero attached hydrogens (tertiary/aromatic N) is 3. The highest BCUT2D eigenvalue weighted by Crippen LogP contribution is 2.16. The Morgan fingerprint density at radius 1 is 1.16 bits per heavy atom. The predicted molar refractivity (Wildman–Crippen MR) is 134 cm³/mol. The molecule has 1 aromatic carbocycles. The van der Waals surface area contributed by atoms with Crippen molar-refractivity contribution >= 4 is 79.0 Å². The van der Waals surface area contributed by atoms with Crippen LogP contribution in [0.3, 0.4) is 0 Å². The van der Waals surface area contributed by atoms with Crippen molar-refractivity contribution in [2.75, 3.05) is 25.0 Å². The summed E-state index contributed by atoms with van der Waals surface area (Å²) < 4.78 is 0. The highest BCUT2D eigenvalue weighted by atomic mass is 35.5. The van der Waals surface area contributed by atoms with E-state index in [-0.39, 0.29) is 49.6 Å². The van der Waals surface area contributed by atoms with Crippen molar-refractivity contribution in [3.05, 3.63) is 59.0 Å². The molecular weight excluding hydrogens is 508 g/mol. The van der Waals surface area contributed by atoms with Gasteiger partial charge in [-0.3, -0.25) is 15.0 Å². The Balaban J connectivity index is 0. The molecule has 0 unspecified atom stereocenters. The molecule has 1 atom stereocenters. The van der Waals surface area contributed by atoms with Gasteiger partial charge in [0.2, 0.25) is 0 Å². The number of likely N-dealkylation sites (tertiary alicyclic amines) is 1. The fourth-order valence-electron chi connectivity index (χ4n) is 3.00. The maximum absolute atomic E-state index is 11.0. The Bertz CT molecular complexity index is 793. The number of hydrogen-bond donors (Lipinski definition) is 3. The smallest absolute Gasteiger partial charge is 0.267 e. The standard InChI is InChI=1S/C19H22ClN5O2.4ClH/c20-15-3-1-14(2-4-15)7-9-25-10-8-17(13-25)23-18-12-21-16(11-22-18)5-6-19(26)24-27;;;;/h1-6,11-12,17,27H,7-10,13H2,(H,22,23)(H,24,26);4*1H/t17-;;;;/m1..../s1. The lowest BCUT2D eigenvalue weighted by Crippen LogP contribution is -2.28. The molecule has 0 aliphatic carbocycles. The van der Waals surface area contributed by atoms with Gasteiger partial charge in [0.05, 0.1) is 18.1 Å². The minimum absolute atomic E-state index is 0. The number of hydrogen-bond acceptors (Lipinski definition) is 6. The van der Waals surface area contributed by atoms with Crippen LogP contribution >= 0.6 is 61.2 Å². The Labute approximate surface area is 211 Å². The fraction of sp³-hybridized carbons (Fsp3) is 0.316. The molecule has 0 bridgehead atoms. The molecule has 3 rings (SSSR count). The molecule has 1 saturated heterocycles. The number of nitrogens with one attached hydrogen (secondary N) is 2. The summed E-state index contributed by atoms with van der Waals surface area (Å²) in [4.78, 5) is 21.9. The highest BCUT2D eigenvalue weighted by molar-refractivity contribution is 6.30. The van der Waals surface area contributed by atoms with Crippen molar-refractivity contribution in [2.24, 2.45) is 0 Å². The first-order valence-electron chi connectivity index (χ1n) is 8.80. The van der Waals surface area contributed by atoms with Gasteiger partial charge in [-0.15, -0.1) is 49.6 Å². The zero-order valence-corrected chi connectivity index (χ0v) is 20.5. The van der Waals surface area contributed by atoms with Crippen LogP contribution < -0.4 is 10.8 Å². The lowest BCUT2D eigenvalue weighted by Gasteiger charge is -2.17. The van der Waals surface area contributed by atoms with E-state index in [1.807, 2.05) is 12.1 Å². The van der Waals surface area contributed by atoms with E-state index in [1.165, 1.54) is 23.2 Å². The Morgan fingerprint density at radius 2 is 1.87 bits per heavy atom. The Morgan fingerprint density at radius 3 is 2.48 bits per heavy atom. The minimum atomic E-state index is -0.608. The van der Waals surface area contributed by atoms with E-state index in [4.69, 9.17) is 16.8 Å². The van der Waals surface area contributed by atoms with Gasteiger partial charge >= 0.3 is 0 Å². The molecule has 174 valence electrons. The average Bonchev–Trinajstić information content (AvgIpc) is 3.14. The van der Waals surface area contributed by atoms with Crippen molar-refractivity contribution in [3.8, 4) is 0 Å². The number of anilines is 1. The van der Waals surface area contributed by atoms with Crippen molar-refractivity contribution in [1.82, 2.24) is 20.3 Å². The second-order valence-electron chi connectivity index (χ2n) is 6.44. The highest BCUT2D eigenvalue weighted by Gasteiger charge is 2.22. The van der Waals surface area contributed by atoms with Crippen LogP contribution in [0.5, 0.6) is 0 Å². The van der Waals surface area contributed by atoms with Crippen molar-refractivity contribution in [1.29, 1.82) is 0 Å². The van der Waals surface area contributed by atoms with Crippen LogP contribution in [0.4, 0.5) is 5.82 Å². The van der Waals surface area contributed by atoms with E-state index in [1.54, 1.807) is 12.4 Å². The molecule has 7 nitrogen and oxygen atoms in total. The number of halogens is 5. The van der Waals surface area contributed by atoms with E-state index in [2.05, 4.69) is 32.3 Å². The first kappa shape index (κ1) is 31.9. The monoisotopic (exact) mass is 531 g/mol. The third kappa shape index (κ3) is 10.7. The van der Waals surface area contributed by atoms with Gasteiger partial charge in [0, 0.05) is 36.8 Å². The SMILES string of the molecule is Cl.Cl.Cl.Cl.O=C(C=Cc1cnc(N[C@@H]2CCN(CCc3ccc(Cl)cc3)C2)cn1)NO. The first-order chi connectivity index (χ1) is 13.1. The molecule has 1 amide bonds. The van der Waals surface area contributed by atoms with Crippen LogP contribution in [-0.2, 0) is 11.2 Å². The van der Waals surface area contributed by atoms with Gasteiger partial charge in [-0.1, -0.05) is 23.7 Å². The molecule has 3 N–H and O–H groups in total. The van der Waals surface area contributed by atoms with Crippen molar-refractivity contribution in [2.45, 2.75) is 18.9 Å². The molecule has 1 aliphatic rings. The average molecular weight is 534 g/mol. The van der Waals surface area contributed by atoms with Gasteiger partial charge in [-0.25, -0.2) is 10.5 Å². The van der Waals surface area contributed by atoms with Gasteiger partial charge in [0.15, 0.2) is 0 Å². The molecule has 0 radical (unpaired) electrons. The zero-order valence-electron chi connectivity index (χ0n) is 16.4. The van der Waals surface area contributed by atoms with Gasteiger partial charge in [-0.05, 0) is 36.6 Å². The van der Waals surface area contributed by atoms with Gasteiger partial charge in [0.1, 0.15) is 5.82 Å². The molecule has 0 saturated carbocycles. The summed E-state index contributed by atoms with van der Waals surface area (Å²) in [6.45, 7) is 3.03. The number of hydroxylamine groups is 1. The third-order valence-corrected chi connectivity index (χ3v) is 4.69. The first-order valence-corrected chi connectivity index (χ1v) is 9.18. The van der Waals surface area contributed by atoms with Crippen molar-refractivity contribution < 1.29 is 10.0 Å². The number of carbonyl (C=O) groups excluding carboxylic acids is 1. The van der Waals surface area contributed by atoms with Gasteiger partial charge < -0.3 is 10.2 Å². The molecule has 2 heterocycles.